The van der Waals surface area contributed by atoms with E-state index in [0.29, 0.717) is 5.41 Å². The summed E-state index contributed by atoms with van der Waals surface area (Å²) in [5.74, 6) is 17.1. The number of hydrogen-bond donors (Lipinski definition) is 0. The van der Waals surface area contributed by atoms with E-state index in [0.717, 1.165) is 59.2 Å². The van der Waals surface area contributed by atoms with E-state index in [-0.39, 0.29) is 0 Å². The molecule has 6 bridgehead atoms. The van der Waals surface area contributed by atoms with Gasteiger partial charge in [-0.05, 0) is 84.0 Å². The molecule has 0 heteroatoms. The van der Waals surface area contributed by atoms with Gasteiger partial charge in [0.1, 0.15) is 0 Å². The molecule has 0 saturated heterocycles. The summed E-state index contributed by atoms with van der Waals surface area (Å²) < 4.78 is 0. The van der Waals surface area contributed by atoms with Gasteiger partial charge >= 0.3 is 0 Å². The van der Waals surface area contributed by atoms with Crippen molar-refractivity contribution in [2.45, 2.75) is 38.0 Å². The molecule has 1 aromatic rings. The topological polar surface area (TPSA) is 0 Å². The fourth-order valence-electron chi connectivity index (χ4n) is 9.47. The lowest BCUT2D eigenvalue weighted by atomic mass is 9.55. The second kappa shape index (κ2) is 3.95. The molecule has 0 amide bonds. The molecule has 7 rings (SSSR count). The van der Waals surface area contributed by atoms with Crippen LogP contribution in [0.3, 0.4) is 0 Å². The highest BCUT2D eigenvalue weighted by Gasteiger charge is 2.72. The van der Waals surface area contributed by atoms with Crippen molar-refractivity contribution < 1.29 is 0 Å². The average Bonchev–Trinajstić information content (AvgIpc) is 3.39. The summed E-state index contributed by atoms with van der Waals surface area (Å²) >= 11 is 0. The summed E-state index contributed by atoms with van der Waals surface area (Å²) in [5, 5.41) is 0. The van der Waals surface area contributed by atoms with Crippen LogP contribution < -0.4 is 0 Å². The highest BCUT2D eigenvalue weighted by atomic mass is 14.8. The Kier molecular flexibility index (Phi) is 2.15. The van der Waals surface area contributed by atoms with E-state index < -0.39 is 0 Å². The van der Waals surface area contributed by atoms with Crippen LogP contribution in [0, 0.1) is 71.0 Å². The van der Waals surface area contributed by atoms with Gasteiger partial charge in [0.25, 0.3) is 0 Å². The van der Waals surface area contributed by atoms with E-state index >= 15 is 0 Å². The van der Waals surface area contributed by atoms with Crippen molar-refractivity contribution in [3.05, 3.63) is 35.9 Å². The second-order valence-electron chi connectivity index (χ2n) is 10.2. The molecule has 1 aromatic carbocycles. The Morgan fingerprint density at radius 1 is 0.833 bits per heavy atom. The molecule has 6 aliphatic carbocycles. The van der Waals surface area contributed by atoms with Crippen LogP contribution in [-0.2, 0) is 5.41 Å². The maximum atomic E-state index is 3.64. The maximum Gasteiger partial charge on any atom is 0.0249 e. The monoisotopic (exact) mass is 314 g/mol. The van der Waals surface area contributed by atoms with E-state index in [9.17, 15) is 0 Å². The standard InChI is InChI=1S/C24H26/c1-24(16-5-3-2-4-6-16)12-15-10-19(24)23-18-11-17(22(15)23)20-13-7-8-14(9-13)21(18)20/h2-6,13-15,17-23H,9-12H2,1H3. The van der Waals surface area contributed by atoms with Gasteiger partial charge in [-0.3, -0.25) is 0 Å². The largest absolute Gasteiger partial charge is 0.0992 e. The summed E-state index contributed by atoms with van der Waals surface area (Å²) in [6.07, 6.45) is 5.97. The molecule has 0 aromatic heterocycles. The number of hydrogen-bond acceptors (Lipinski definition) is 0. The van der Waals surface area contributed by atoms with Crippen molar-refractivity contribution in [2.24, 2.45) is 59.2 Å². The van der Waals surface area contributed by atoms with Crippen LogP contribution in [0.25, 0.3) is 0 Å². The van der Waals surface area contributed by atoms with Gasteiger partial charge < -0.3 is 0 Å². The van der Waals surface area contributed by atoms with Gasteiger partial charge in [0, 0.05) is 11.8 Å². The lowest BCUT2D eigenvalue weighted by molar-refractivity contribution is 0.0243. The molecule has 0 spiro atoms. The molecule has 122 valence electrons. The first-order valence-corrected chi connectivity index (χ1v) is 10.3. The highest BCUT2D eigenvalue weighted by Crippen LogP contribution is 2.77. The molecule has 5 fully saturated rings. The van der Waals surface area contributed by atoms with Crippen LogP contribution in [0.4, 0.5) is 0 Å². The Hall–Kier alpha value is -1.22. The van der Waals surface area contributed by atoms with Crippen molar-refractivity contribution in [1.82, 2.24) is 0 Å². The van der Waals surface area contributed by atoms with Gasteiger partial charge in [0.05, 0.1) is 0 Å². The van der Waals surface area contributed by atoms with Gasteiger partial charge in [0.2, 0.25) is 0 Å². The third kappa shape index (κ3) is 1.25. The molecular weight excluding hydrogens is 288 g/mol. The summed E-state index contributed by atoms with van der Waals surface area (Å²) in [7, 11) is 0. The van der Waals surface area contributed by atoms with Gasteiger partial charge in [-0.25, -0.2) is 0 Å². The molecule has 24 heavy (non-hydrogen) atoms. The zero-order chi connectivity index (χ0) is 15.6. The normalized spacial score (nSPS) is 60.2. The second-order valence-corrected chi connectivity index (χ2v) is 10.2. The van der Waals surface area contributed by atoms with Crippen LogP contribution in [0.1, 0.15) is 38.2 Å². The minimum atomic E-state index is 0.455. The van der Waals surface area contributed by atoms with Gasteiger partial charge in [-0.15, -0.1) is 0 Å². The third-order valence-corrected chi connectivity index (χ3v) is 9.81. The predicted molar refractivity (Wildman–Crippen MR) is 94.9 cm³/mol. The molecule has 0 radical (unpaired) electrons. The first kappa shape index (κ1) is 13.0. The molecular formula is C24H26. The lowest BCUT2D eigenvalue weighted by Gasteiger charge is -2.49. The predicted octanol–water partition coefficient (Wildman–Crippen LogP) is 4.75. The molecule has 6 aliphatic rings. The van der Waals surface area contributed by atoms with Crippen LogP contribution in [0.2, 0.25) is 0 Å². The summed E-state index contributed by atoms with van der Waals surface area (Å²) in [4.78, 5) is 0. The van der Waals surface area contributed by atoms with Crippen molar-refractivity contribution in [3.8, 4) is 11.8 Å². The van der Waals surface area contributed by atoms with Crippen molar-refractivity contribution in [2.75, 3.05) is 0 Å². The molecule has 0 heterocycles. The average molecular weight is 314 g/mol. The number of benzene rings is 1. The number of fused-ring (bicyclic) bond motifs is 16. The zero-order valence-electron chi connectivity index (χ0n) is 14.5. The lowest BCUT2D eigenvalue weighted by Crippen LogP contribution is -2.46. The summed E-state index contributed by atoms with van der Waals surface area (Å²) in [6, 6.07) is 11.5. The van der Waals surface area contributed by atoms with E-state index in [1.54, 1.807) is 12.0 Å². The molecule has 0 aliphatic heterocycles. The first-order valence-electron chi connectivity index (χ1n) is 10.3. The third-order valence-electron chi connectivity index (χ3n) is 9.81. The first-order chi connectivity index (χ1) is 11.8. The van der Waals surface area contributed by atoms with Crippen LogP contribution >= 0.6 is 0 Å². The van der Waals surface area contributed by atoms with E-state index in [1.807, 2.05) is 0 Å². The molecule has 0 nitrogen and oxygen atoms in total. The Labute approximate surface area is 145 Å². The Morgan fingerprint density at radius 3 is 2.29 bits per heavy atom. The molecule has 5 saturated carbocycles. The van der Waals surface area contributed by atoms with Crippen LogP contribution in [0.5, 0.6) is 0 Å². The number of rotatable bonds is 1. The minimum Gasteiger partial charge on any atom is -0.0992 e. The Balaban J connectivity index is 1.31. The van der Waals surface area contributed by atoms with E-state index in [1.165, 1.54) is 19.3 Å². The Bertz CT molecular complexity index is 781. The quantitative estimate of drug-likeness (QED) is 0.518. The van der Waals surface area contributed by atoms with Gasteiger partial charge in [-0.1, -0.05) is 49.1 Å². The van der Waals surface area contributed by atoms with Gasteiger partial charge in [0.15, 0.2) is 0 Å². The van der Waals surface area contributed by atoms with Crippen molar-refractivity contribution >= 4 is 0 Å². The van der Waals surface area contributed by atoms with Crippen molar-refractivity contribution in [1.29, 1.82) is 0 Å². The Morgan fingerprint density at radius 2 is 1.54 bits per heavy atom. The SMILES string of the molecule is CC1(c2ccccc2)CC2CC1C1C3CC(C4C5C#CC(C5)C34)C21. The van der Waals surface area contributed by atoms with Crippen molar-refractivity contribution in [3.63, 3.8) is 0 Å². The van der Waals surface area contributed by atoms with Crippen LogP contribution in [0.15, 0.2) is 30.3 Å². The zero-order valence-corrected chi connectivity index (χ0v) is 14.5. The van der Waals surface area contributed by atoms with Gasteiger partial charge in [-0.2, -0.15) is 0 Å². The van der Waals surface area contributed by atoms with E-state index in [2.05, 4.69) is 49.1 Å². The summed E-state index contributed by atoms with van der Waals surface area (Å²) in [6.45, 7) is 2.60. The van der Waals surface area contributed by atoms with E-state index in [4.69, 9.17) is 0 Å². The molecule has 11 atom stereocenters. The fourth-order valence-corrected chi connectivity index (χ4v) is 9.47. The fraction of sp³-hybridized carbons (Fsp3) is 0.667. The molecule has 11 unspecified atom stereocenters. The highest BCUT2D eigenvalue weighted by molar-refractivity contribution is 5.35. The minimum absolute atomic E-state index is 0.455. The molecule has 0 N–H and O–H groups in total. The van der Waals surface area contributed by atoms with Crippen LogP contribution in [-0.4, -0.2) is 0 Å². The smallest absolute Gasteiger partial charge is 0.0249 e. The summed E-state index contributed by atoms with van der Waals surface area (Å²) in [5.41, 5.74) is 2.08. The maximum absolute atomic E-state index is 3.64.